The average Bonchev–Trinajstić information content (AvgIpc) is 2.85. The summed E-state index contributed by atoms with van der Waals surface area (Å²) in [6.07, 6.45) is 0.717. The number of carbonyl (C=O) groups is 2. The number of hydrogen-bond acceptors (Lipinski definition) is 4. The molecule has 7 nitrogen and oxygen atoms in total. The van der Waals surface area contributed by atoms with E-state index in [1.54, 1.807) is 43.1 Å². The number of carbonyl (C=O) groups excluding carboxylic acids is 2. The summed E-state index contributed by atoms with van der Waals surface area (Å²) >= 11 is 0. The zero-order valence-electron chi connectivity index (χ0n) is 16.0. The van der Waals surface area contributed by atoms with Gasteiger partial charge in [-0.3, -0.25) is 4.68 Å². The van der Waals surface area contributed by atoms with E-state index in [4.69, 9.17) is 4.74 Å². The van der Waals surface area contributed by atoms with Crippen LogP contribution in [0.5, 0.6) is 0 Å². The molecule has 1 heterocycles. The van der Waals surface area contributed by atoms with E-state index in [-0.39, 0.29) is 12.6 Å². The molecule has 0 radical (unpaired) electrons. The van der Waals surface area contributed by atoms with E-state index in [1.807, 2.05) is 25.6 Å². The predicted octanol–water partition coefficient (Wildman–Crippen LogP) is 2.92. The number of urea groups is 1. The highest BCUT2D eigenvalue weighted by molar-refractivity contribution is 6.00. The molecule has 1 aromatic heterocycles. The molecule has 0 saturated carbocycles. The largest absolute Gasteiger partial charge is 0.462 e. The van der Waals surface area contributed by atoms with Gasteiger partial charge in [-0.15, -0.1) is 0 Å². The van der Waals surface area contributed by atoms with Gasteiger partial charge in [0.2, 0.25) is 0 Å². The molecule has 0 saturated heterocycles. The van der Waals surface area contributed by atoms with Crippen LogP contribution >= 0.6 is 0 Å². The van der Waals surface area contributed by atoms with Crippen molar-refractivity contribution in [2.75, 3.05) is 25.5 Å². The molecule has 0 aliphatic carbocycles. The van der Waals surface area contributed by atoms with E-state index in [2.05, 4.69) is 10.4 Å². The Morgan fingerprint density at radius 3 is 2.58 bits per heavy atom. The molecule has 0 aliphatic rings. The van der Waals surface area contributed by atoms with Crippen molar-refractivity contribution in [2.45, 2.75) is 27.2 Å². The standard InChI is InChI=1S/C19H26N4O3/c1-6-26-18(24)16-9-7-8-10-17(16)20-19(25)22(4)12-11-15-13(2)21-23(5)14(15)3/h7-10H,6,11-12H2,1-5H3,(H,20,25). The Hall–Kier alpha value is -2.83. The summed E-state index contributed by atoms with van der Waals surface area (Å²) in [5.41, 5.74) is 4.01. The second kappa shape index (κ2) is 8.51. The molecule has 2 aromatic rings. The average molecular weight is 358 g/mol. The monoisotopic (exact) mass is 358 g/mol. The molecule has 1 N–H and O–H groups in total. The van der Waals surface area contributed by atoms with E-state index in [0.717, 1.165) is 23.4 Å². The van der Waals surface area contributed by atoms with Crippen molar-refractivity contribution in [3.8, 4) is 0 Å². The summed E-state index contributed by atoms with van der Waals surface area (Å²) in [4.78, 5) is 26.1. The number of nitrogens with zero attached hydrogens (tertiary/aromatic N) is 3. The number of likely N-dealkylation sites (N-methyl/N-ethyl adjacent to an activating group) is 1. The highest BCUT2D eigenvalue weighted by Crippen LogP contribution is 2.17. The summed E-state index contributed by atoms with van der Waals surface area (Å²) in [6.45, 7) is 6.56. The first-order valence-electron chi connectivity index (χ1n) is 8.62. The molecule has 2 amide bonds. The lowest BCUT2D eigenvalue weighted by Crippen LogP contribution is -2.33. The molecule has 2 rings (SSSR count). The van der Waals surface area contributed by atoms with Crippen LogP contribution in [0, 0.1) is 13.8 Å². The second-order valence-electron chi connectivity index (χ2n) is 6.14. The summed E-state index contributed by atoms with van der Waals surface area (Å²) < 4.78 is 6.88. The van der Waals surface area contributed by atoms with Crippen molar-refractivity contribution >= 4 is 17.7 Å². The minimum Gasteiger partial charge on any atom is -0.462 e. The van der Waals surface area contributed by atoms with E-state index in [9.17, 15) is 9.59 Å². The maximum Gasteiger partial charge on any atom is 0.340 e. The molecule has 1 aromatic carbocycles. The molecule has 7 heteroatoms. The highest BCUT2D eigenvalue weighted by atomic mass is 16.5. The minimum atomic E-state index is -0.451. The molecule has 140 valence electrons. The predicted molar refractivity (Wildman–Crippen MR) is 100 cm³/mol. The number of benzene rings is 1. The van der Waals surface area contributed by atoms with Crippen LogP contribution in [0.2, 0.25) is 0 Å². The van der Waals surface area contributed by atoms with Gasteiger partial charge in [0.1, 0.15) is 0 Å². The first-order valence-corrected chi connectivity index (χ1v) is 8.62. The molecule has 0 spiro atoms. The highest BCUT2D eigenvalue weighted by Gasteiger charge is 2.17. The lowest BCUT2D eigenvalue weighted by molar-refractivity contribution is 0.0527. The van der Waals surface area contributed by atoms with Gasteiger partial charge in [0, 0.05) is 26.3 Å². The number of esters is 1. The number of anilines is 1. The van der Waals surface area contributed by atoms with Gasteiger partial charge in [-0.2, -0.15) is 5.10 Å². The lowest BCUT2D eigenvalue weighted by Gasteiger charge is -2.19. The summed E-state index contributed by atoms with van der Waals surface area (Å²) in [6, 6.07) is 6.55. The molecule has 0 unspecified atom stereocenters. The molecule has 26 heavy (non-hydrogen) atoms. The van der Waals surface area contributed by atoms with Gasteiger partial charge in [-0.1, -0.05) is 12.1 Å². The van der Waals surface area contributed by atoms with E-state index in [0.29, 0.717) is 17.8 Å². The second-order valence-corrected chi connectivity index (χ2v) is 6.14. The maximum absolute atomic E-state index is 12.5. The quantitative estimate of drug-likeness (QED) is 0.806. The van der Waals surface area contributed by atoms with E-state index in [1.165, 1.54) is 0 Å². The van der Waals surface area contributed by atoms with Gasteiger partial charge in [0.15, 0.2) is 0 Å². The first kappa shape index (κ1) is 19.5. The maximum atomic E-state index is 12.5. The lowest BCUT2D eigenvalue weighted by atomic mass is 10.1. The number of amides is 2. The van der Waals surface area contributed by atoms with Crippen molar-refractivity contribution in [3.63, 3.8) is 0 Å². The van der Waals surface area contributed by atoms with Crippen molar-refractivity contribution in [3.05, 3.63) is 46.8 Å². The number of aromatic nitrogens is 2. The molecule has 0 fully saturated rings. The Morgan fingerprint density at radius 2 is 1.96 bits per heavy atom. The number of para-hydroxylation sites is 1. The zero-order valence-corrected chi connectivity index (χ0v) is 16.0. The van der Waals surface area contributed by atoms with Crippen LogP contribution in [0.25, 0.3) is 0 Å². The first-order chi connectivity index (χ1) is 12.3. The van der Waals surface area contributed by atoms with E-state index < -0.39 is 5.97 Å². The van der Waals surface area contributed by atoms with Crippen molar-refractivity contribution < 1.29 is 14.3 Å². The van der Waals surface area contributed by atoms with Gasteiger partial charge in [-0.05, 0) is 44.9 Å². The van der Waals surface area contributed by atoms with Crippen molar-refractivity contribution in [1.82, 2.24) is 14.7 Å². The molecule has 0 bridgehead atoms. The van der Waals surface area contributed by atoms with Crippen molar-refractivity contribution in [2.24, 2.45) is 7.05 Å². The van der Waals surface area contributed by atoms with Crippen molar-refractivity contribution in [1.29, 1.82) is 0 Å². The van der Waals surface area contributed by atoms with Crippen LogP contribution in [0.3, 0.4) is 0 Å². The van der Waals surface area contributed by atoms with Crippen LogP contribution < -0.4 is 5.32 Å². The van der Waals surface area contributed by atoms with Crippen LogP contribution in [0.4, 0.5) is 10.5 Å². The summed E-state index contributed by atoms with van der Waals surface area (Å²) in [5.74, 6) is -0.451. The number of rotatable bonds is 6. The Labute approximate surface area is 153 Å². The number of nitrogens with one attached hydrogen (secondary N) is 1. The fraction of sp³-hybridized carbons (Fsp3) is 0.421. The Morgan fingerprint density at radius 1 is 1.27 bits per heavy atom. The third-order valence-corrected chi connectivity index (χ3v) is 4.37. The number of aryl methyl sites for hydroxylation is 2. The summed E-state index contributed by atoms with van der Waals surface area (Å²) in [5, 5.41) is 7.18. The van der Waals surface area contributed by atoms with Gasteiger partial charge in [0.05, 0.1) is 23.6 Å². The Kier molecular flexibility index (Phi) is 6.38. The fourth-order valence-electron chi connectivity index (χ4n) is 2.75. The number of hydrogen-bond donors (Lipinski definition) is 1. The van der Waals surface area contributed by atoms with Crippen LogP contribution in [-0.2, 0) is 18.2 Å². The summed E-state index contributed by atoms with van der Waals surface area (Å²) in [7, 11) is 3.64. The zero-order chi connectivity index (χ0) is 19.3. The Balaban J connectivity index is 2.02. The third-order valence-electron chi connectivity index (χ3n) is 4.37. The third kappa shape index (κ3) is 4.41. The van der Waals surface area contributed by atoms with Gasteiger partial charge >= 0.3 is 12.0 Å². The smallest absolute Gasteiger partial charge is 0.340 e. The Bertz CT molecular complexity index is 798. The van der Waals surface area contributed by atoms with E-state index >= 15 is 0 Å². The van der Waals surface area contributed by atoms with Gasteiger partial charge < -0.3 is 15.0 Å². The molecule has 0 atom stereocenters. The topological polar surface area (TPSA) is 76.5 Å². The SMILES string of the molecule is CCOC(=O)c1ccccc1NC(=O)N(C)CCc1c(C)nn(C)c1C. The molecular weight excluding hydrogens is 332 g/mol. The van der Waals surface area contributed by atoms with Crippen LogP contribution in [0.1, 0.15) is 34.2 Å². The molecule has 0 aliphatic heterocycles. The van der Waals surface area contributed by atoms with Gasteiger partial charge in [-0.25, -0.2) is 9.59 Å². The minimum absolute atomic E-state index is 0.277. The van der Waals surface area contributed by atoms with Crippen LogP contribution in [0.15, 0.2) is 24.3 Å². The van der Waals surface area contributed by atoms with Crippen LogP contribution in [-0.4, -0.2) is 46.9 Å². The normalized spacial score (nSPS) is 10.5. The molecular formula is C19H26N4O3. The number of ether oxygens (including phenoxy) is 1. The van der Waals surface area contributed by atoms with Gasteiger partial charge in [0.25, 0.3) is 0 Å². The fourth-order valence-corrected chi connectivity index (χ4v) is 2.75.